The Hall–Kier alpha value is -3.00. The van der Waals surface area contributed by atoms with Gasteiger partial charge in [0, 0.05) is 0 Å². The summed E-state index contributed by atoms with van der Waals surface area (Å²) in [5.41, 5.74) is 0. The minimum Gasteiger partial charge on any atom is -0.481 e. The van der Waals surface area contributed by atoms with Crippen LogP contribution in [-0.2, 0) is 19.2 Å². The molecule has 0 aliphatic heterocycles. The van der Waals surface area contributed by atoms with Crippen LogP contribution < -0.4 is 0 Å². The lowest BCUT2D eigenvalue weighted by Gasteiger charge is -2.31. The van der Waals surface area contributed by atoms with Crippen molar-refractivity contribution in [1.82, 2.24) is 10.0 Å². The summed E-state index contributed by atoms with van der Waals surface area (Å²) in [6, 6.07) is 0. The molecule has 0 aromatic carbocycles. The summed E-state index contributed by atoms with van der Waals surface area (Å²) in [7, 11) is 0. The van der Waals surface area contributed by atoms with Crippen LogP contribution in [0, 0.1) is 24.7 Å². The Kier molecular flexibility index (Phi) is 6.94. The molecule has 0 saturated carbocycles. The molecule has 0 aliphatic rings. The predicted octanol–water partition coefficient (Wildman–Crippen LogP) is -1.23. The van der Waals surface area contributed by atoms with E-state index in [1.807, 2.05) is 0 Å². The largest absolute Gasteiger partial charge is 0.481 e. The maximum absolute atomic E-state index is 11.5. The van der Waals surface area contributed by atoms with Gasteiger partial charge in [-0.05, 0) is 11.8 Å². The van der Waals surface area contributed by atoms with Crippen LogP contribution >= 0.6 is 0 Å². The van der Waals surface area contributed by atoms with E-state index in [0.29, 0.717) is 10.0 Å². The van der Waals surface area contributed by atoms with Crippen LogP contribution in [0.3, 0.4) is 0 Å². The van der Waals surface area contributed by atoms with E-state index in [4.69, 9.17) is 23.1 Å². The minimum atomic E-state index is -1.22. The average Bonchev–Trinajstić information content (AvgIpc) is 2.40. The molecule has 0 aliphatic carbocycles. The van der Waals surface area contributed by atoms with Gasteiger partial charge in [0.05, 0.1) is 25.9 Å². The van der Waals surface area contributed by atoms with Crippen LogP contribution in [0.2, 0.25) is 0 Å². The highest BCUT2D eigenvalue weighted by molar-refractivity contribution is 5.98. The molecule has 0 fully saturated rings. The van der Waals surface area contributed by atoms with Gasteiger partial charge in [-0.25, -0.2) is 10.0 Å². The zero-order valence-electron chi connectivity index (χ0n) is 10.4. The van der Waals surface area contributed by atoms with E-state index in [2.05, 4.69) is 0 Å². The van der Waals surface area contributed by atoms with Crippen molar-refractivity contribution >= 4 is 23.8 Å². The van der Waals surface area contributed by atoms with Crippen LogP contribution in [0.1, 0.15) is 12.8 Å². The van der Waals surface area contributed by atoms with Crippen LogP contribution in [0.15, 0.2) is 0 Å². The highest BCUT2D eigenvalue weighted by atomic mass is 16.4. The number of carboxylic acid groups (broad SMARTS) is 2. The summed E-state index contributed by atoms with van der Waals surface area (Å²) in [5.74, 6) is -0.965. The van der Waals surface area contributed by atoms with Gasteiger partial charge < -0.3 is 10.2 Å². The first kappa shape index (κ1) is 17.0. The minimum absolute atomic E-state index is 0.397. The number of carboxylic acids is 2. The summed E-state index contributed by atoms with van der Waals surface area (Å²) in [4.78, 5) is 44.1. The molecular weight excluding hydrogens is 268 g/mol. The molecule has 0 spiro atoms. The highest BCUT2D eigenvalue weighted by Gasteiger charge is 2.25. The van der Waals surface area contributed by atoms with E-state index in [0.717, 1.165) is 0 Å². The zero-order chi connectivity index (χ0) is 15.7. The number of nitrogens with zero attached hydrogens (tertiary/aromatic N) is 2. The Morgan fingerprint density at radius 1 is 0.800 bits per heavy atom. The van der Waals surface area contributed by atoms with Gasteiger partial charge in [-0.3, -0.25) is 19.2 Å². The van der Waals surface area contributed by atoms with E-state index in [1.54, 1.807) is 11.8 Å². The van der Waals surface area contributed by atoms with E-state index in [-0.39, 0.29) is 0 Å². The number of amides is 2. The lowest BCUT2D eigenvalue weighted by atomic mass is 10.3. The first-order valence-electron chi connectivity index (χ1n) is 5.33. The second kappa shape index (κ2) is 8.16. The smallest absolute Gasteiger partial charge is 0.316 e. The molecule has 0 bridgehead atoms. The molecule has 0 unspecified atom stereocenters. The van der Waals surface area contributed by atoms with Gasteiger partial charge in [0.25, 0.3) is 0 Å². The van der Waals surface area contributed by atoms with Gasteiger partial charge in [0.15, 0.2) is 0 Å². The van der Waals surface area contributed by atoms with Crippen LogP contribution in [0.4, 0.5) is 0 Å². The van der Waals surface area contributed by atoms with Gasteiger partial charge in [0.2, 0.25) is 0 Å². The van der Waals surface area contributed by atoms with E-state index in [9.17, 15) is 19.2 Å². The number of carbonyl (C=O) groups excluding carboxylic acids is 2. The monoisotopic (exact) mass is 280 g/mol. The number of hydrogen-bond acceptors (Lipinski definition) is 4. The number of aliphatic carboxylic acids is 2. The molecule has 106 valence electrons. The third-order valence-electron chi connectivity index (χ3n) is 2.08. The molecule has 0 atom stereocenters. The Labute approximate surface area is 114 Å². The summed E-state index contributed by atoms with van der Waals surface area (Å²) >= 11 is 0. The summed E-state index contributed by atoms with van der Waals surface area (Å²) in [6.07, 6.45) is 8.89. The van der Waals surface area contributed by atoms with Crippen molar-refractivity contribution in [2.75, 3.05) is 13.1 Å². The molecule has 8 nitrogen and oxygen atoms in total. The second-order valence-corrected chi connectivity index (χ2v) is 3.43. The molecule has 0 aromatic heterocycles. The van der Waals surface area contributed by atoms with Crippen molar-refractivity contribution in [3.63, 3.8) is 0 Å². The Morgan fingerprint density at radius 2 is 1.10 bits per heavy atom. The number of hydrazine groups is 1. The number of terminal acetylenes is 2. The number of hydrogen-bond donors (Lipinski definition) is 2. The topological polar surface area (TPSA) is 115 Å². The second-order valence-electron chi connectivity index (χ2n) is 3.43. The molecule has 20 heavy (non-hydrogen) atoms. The van der Waals surface area contributed by atoms with E-state index >= 15 is 0 Å². The van der Waals surface area contributed by atoms with Crippen molar-refractivity contribution in [2.45, 2.75) is 12.8 Å². The van der Waals surface area contributed by atoms with E-state index < -0.39 is 49.7 Å². The first-order chi connectivity index (χ1) is 9.33. The maximum atomic E-state index is 11.5. The third kappa shape index (κ3) is 5.56. The molecule has 2 amide bonds. The third-order valence-corrected chi connectivity index (χ3v) is 2.08. The fourth-order valence-electron chi connectivity index (χ4n) is 1.22. The fourth-order valence-corrected chi connectivity index (χ4v) is 1.22. The number of carbonyl (C=O) groups is 4. The van der Waals surface area contributed by atoms with Crippen LogP contribution in [0.5, 0.6) is 0 Å². The average molecular weight is 280 g/mol. The standard InChI is InChI=1S/C12H12N2O6/c1-3-9(15)13(7-5-11(17)18)14(10(16)4-2)8-6-12(19)20/h1-2H,5-8H2,(H,17,18)(H,19,20). The van der Waals surface area contributed by atoms with Gasteiger partial charge in [-0.2, -0.15) is 0 Å². The summed E-state index contributed by atoms with van der Waals surface area (Å²) < 4.78 is 0. The van der Waals surface area contributed by atoms with E-state index in [1.165, 1.54) is 0 Å². The quantitative estimate of drug-likeness (QED) is 0.465. The van der Waals surface area contributed by atoms with Crippen molar-refractivity contribution in [2.24, 2.45) is 0 Å². The normalized spacial score (nSPS) is 8.90. The van der Waals surface area contributed by atoms with Crippen molar-refractivity contribution in [1.29, 1.82) is 0 Å². The molecular formula is C12H12N2O6. The summed E-state index contributed by atoms with van der Waals surface area (Å²) in [6.45, 7) is -0.795. The van der Waals surface area contributed by atoms with Gasteiger partial charge in [-0.1, -0.05) is 0 Å². The van der Waals surface area contributed by atoms with Crippen molar-refractivity contribution in [3.8, 4) is 24.7 Å². The highest BCUT2D eigenvalue weighted by Crippen LogP contribution is 2.04. The molecule has 8 heteroatoms. The Bertz CT molecular complexity index is 453. The van der Waals surface area contributed by atoms with Gasteiger partial charge >= 0.3 is 23.8 Å². The maximum Gasteiger partial charge on any atom is 0.316 e. The molecule has 0 rings (SSSR count). The Balaban J connectivity index is 5.18. The molecule has 0 saturated heterocycles. The molecule has 0 heterocycles. The zero-order valence-corrected chi connectivity index (χ0v) is 10.4. The van der Waals surface area contributed by atoms with Gasteiger partial charge in [0.1, 0.15) is 0 Å². The van der Waals surface area contributed by atoms with Crippen molar-refractivity contribution in [3.05, 3.63) is 0 Å². The predicted molar refractivity (Wildman–Crippen MR) is 65.6 cm³/mol. The number of rotatable bonds is 6. The fraction of sp³-hybridized carbons (Fsp3) is 0.333. The summed E-state index contributed by atoms with van der Waals surface area (Å²) in [5, 5.41) is 18.5. The molecule has 2 N–H and O–H groups in total. The lowest BCUT2D eigenvalue weighted by molar-refractivity contribution is -0.159. The molecule has 0 radical (unpaired) electrons. The Morgan fingerprint density at radius 3 is 1.30 bits per heavy atom. The van der Waals surface area contributed by atoms with Gasteiger partial charge in [-0.15, -0.1) is 12.8 Å². The van der Waals surface area contributed by atoms with Crippen LogP contribution in [-0.4, -0.2) is 57.1 Å². The van der Waals surface area contributed by atoms with Crippen LogP contribution in [0.25, 0.3) is 0 Å². The van der Waals surface area contributed by atoms with Crippen molar-refractivity contribution < 1.29 is 29.4 Å². The SMILES string of the molecule is C#CC(=O)N(CCC(=O)O)N(CCC(=O)O)C(=O)C#C. The molecule has 0 aromatic rings. The lowest BCUT2D eigenvalue weighted by Crippen LogP contribution is -2.50. The first-order valence-corrected chi connectivity index (χ1v) is 5.33.